The Balaban J connectivity index is 1.98. The van der Waals surface area contributed by atoms with Crippen LogP contribution in [-0.2, 0) is 10.5 Å². The van der Waals surface area contributed by atoms with Crippen molar-refractivity contribution in [2.75, 3.05) is 5.32 Å². The molecule has 6 heteroatoms. The highest BCUT2D eigenvalue weighted by Crippen LogP contribution is 2.28. The largest absolute Gasteiger partial charge is 0.326 e. The molecule has 3 nitrogen and oxygen atoms in total. The zero-order valence-corrected chi connectivity index (χ0v) is 13.0. The summed E-state index contributed by atoms with van der Waals surface area (Å²) < 4.78 is 0. The van der Waals surface area contributed by atoms with Crippen LogP contribution in [0.25, 0.3) is 0 Å². The van der Waals surface area contributed by atoms with Crippen LogP contribution < -0.4 is 5.32 Å². The van der Waals surface area contributed by atoms with Crippen LogP contribution in [0.4, 0.5) is 5.69 Å². The molecule has 0 aliphatic rings. The van der Waals surface area contributed by atoms with Crippen LogP contribution in [0.5, 0.6) is 0 Å². The number of nitrogens with one attached hydrogen (secondary N) is 1. The normalized spacial score (nSPS) is 10.3. The number of hydrogen-bond acceptors (Lipinski definition) is 3. The van der Waals surface area contributed by atoms with Crippen molar-refractivity contribution < 1.29 is 4.79 Å². The Morgan fingerprint density at radius 3 is 2.60 bits per heavy atom. The van der Waals surface area contributed by atoms with E-state index in [1.807, 2.05) is 24.3 Å². The molecule has 2 rings (SSSR count). The molecule has 0 aliphatic carbocycles. The van der Waals surface area contributed by atoms with Gasteiger partial charge in [-0.1, -0.05) is 23.2 Å². The van der Waals surface area contributed by atoms with Gasteiger partial charge in [-0.3, -0.25) is 4.79 Å². The van der Waals surface area contributed by atoms with E-state index in [9.17, 15) is 4.79 Å². The van der Waals surface area contributed by atoms with Gasteiger partial charge in [0, 0.05) is 34.5 Å². The summed E-state index contributed by atoms with van der Waals surface area (Å²) in [5.74, 6) is 0.632. The first kappa shape index (κ1) is 15.2. The van der Waals surface area contributed by atoms with E-state index in [0.29, 0.717) is 15.9 Å². The number of aromatic nitrogens is 1. The van der Waals surface area contributed by atoms with Crippen molar-refractivity contribution in [3.05, 3.63) is 52.3 Å². The van der Waals surface area contributed by atoms with E-state index in [1.165, 1.54) is 6.92 Å². The van der Waals surface area contributed by atoms with E-state index in [4.69, 9.17) is 23.2 Å². The van der Waals surface area contributed by atoms with Crippen molar-refractivity contribution >= 4 is 46.6 Å². The Labute approximate surface area is 131 Å². The molecule has 0 aliphatic heterocycles. The molecule has 0 fully saturated rings. The summed E-state index contributed by atoms with van der Waals surface area (Å²) in [6.07, 6.45) is 1.68. The number of carbonyl (C=O) groups excluding carboxylic acids is 1. The fourth-order valence-electron chi connectivity index (χ4n) is 1.54. The smallest absolute Gasteiger partial charge is 0.221 e. The summed E-state index contributed by atoms with van der Waals surface area (Å²) in [7, 11) is 0. The zero-order chi connectivity index (χ0) is 14.5. The molecule has 20 heavy (non-hydrogen) atoms. The van der Waals surface area contributed by atoms with E-state index in [2.05, 4.69) is 10.3 Å². The van der Waals surface area contributed by atoms with Crippen LogP contribution in [0.3, 0.4) is 0 Å². The summed E-state index contributed by atoms with van der Waals surface area (Å²) in [6, 6.07) is 9.27. The van der Waals surface area contributed by atoms with Crippen molar-refractivity contribution in [3.63, 3.8) is 0 Å². The molecule has 0 atom stereocenters. The molecule has 1 amide bonds. The van der Waals surface area contributed by atoms with Crippen molar-refractivity contribution in [1.82, 2.24) is 4.98 Å². The molecule has 1 heterocycles. The first-order chi connectivity index (χ1) is 9.54. The Bertz CT molecular complexity index is 617. The predicted octanol–water partition coefficient (Wildman–Crippen LogP) is 4.64. The van der Waals surface area contributed by atoms with Gasteiger partial charge in [-0.25, -0.2) is 4.98 Å². The SMILES string of the molecule is CC(=O)Nc1ccc(SCc2cnc(Cl)cc2Cl)cc1. The molecule has 0 unspecified atom stereocenters. The summed E-state index contributed by atoms with van der Waals surface area (Å²) >= 11 is 13.5. The molecular formula is C14H12Cl2N2OS. The quantitative estimate of drug-likeness (QED) is 0.657. The Morgan fingerprint density at radius 2 is 2.00 bits per heavy atom. The van der Waals surface area contributed by atoms with Gasteiger partial charge in [0.25, 0.3) is 0 Å². The number of thioether (sulfide) groups is 1. The second-order valence-corrected chi connectivity index (χ2v) is 5.94. The Hall–Kier alpha value is -1.23. The standard InChI is InChI=1S/C14H12Cl2N2OS/c1-9(19)18-11-2-4-12(5-3-11)20-8-10-7-17-14(16)6-13(10)15/h2-7H,8H2,1H3,(H,18,19). The van der Waals surface area contributed by atoms with Crippen molar-refractivity contribution in [2.45, 2.75) is 17.6 Å². The molecule has 2 aromatic rings. The van der Waals surface area contributed by atoms with Crippen LogP contribution in [0.15, 0.2) is 41.4 Å². The number of nitrogens with zero attached hydrogens (tertiary/aromatic N) is 1. The van der Waals surface area contributed by atoms with Crippen molar-refractivity contribution in [2.24, 2.45) is 0 Å². The summed E-state index contributed by atoms with van der Waals surface area (Å²) in [6.45, 7) is 1.48. The molecule has 0 spiro atoms. The summed E-state index contributed by atoms with van der Waals surface area (Å²) in [5.41, 5.74) is 1.72. The van der Waals surface area contributed by atoms with Crippen molar-refractivity contribution in [1.29, 1.82) is 0 Å². The number of anilines is 1. The predicted molar refractivity (Wildman–Crippen MR) is 84.6 cm³/mol. The summed E-state index contributed by atoms with van der Waals surface area (Å²) in [5, 5.41) is 3.74. The van der Waals surface area contributed by atoms with Crippen LogP contribution in [0, 0.1) is 0 Å². The Kier molecular flexibility index (Phi) is 5.29. The van der Waals surface area contributed by atoms with Crippen LogP contribution >= 0.6 is 35.0 Å². The van der Waals surface area contributed by atoms with Gasteiger partial charge in [0.1, 0.15) is 5.15 Å². The van der Waals surface area contributed by atoms with Gasteiger partial charge in [-0.15, -0.1) is 11.8 Å². The maximum atomic E-state index is 10.9. The second kappa shape index (κ2) is 6.97. The fraction of sp³-hybridized carbons (Fsp3) is 0.143. The maximum Gasteiger partial charge on any atom is 0.221 e. The topological polar surface area (TPSA) is 42.0 Å². The lowest BCUT2D eigenvalue weighted by molar-refractivity contribution is -0.114. The lowest BCUT2D eigenvalue weighted by Gasteiger charge is -2.06. The minimum absolute atomic E-state index is 0.0792. The van der Waals surface area contributed by atoms with E-state index >= 15 is 0 Å². The van der Waals surface area contributed by atoms with Crippen LogP contribution in [0.2, 0.25) is 10.2 Å². The third-order valence-corrected chi connectivity index (χ3v) is 4.08. The van der Waals surface area contributed by atoms with Crippen LogP contribution in [-0.4, -0.2) is 10.9 Å². The molecule has 104 valence electrons. The number of pyridine rings is 1. The third-order valence-electron chi connectivity index (χ3n) is 2.47. The highest BCUT2D eigenvalue weighted by molar-refractivity contribution is 7.98. The minimum Gasteiger partial charge on any atom is -0.326 e. The lowest BCUT2D eigenvalue weighted by atomic mass is 10.3. The Morgan fingerprint density at radius 1 is 1.30 bits per heavy atom. The molecular weight excluding hydrogens is 315 g/mol. The van der Waals surface area contributed by atoms with E-state index in [-0.39, 0.29) is 5.91 Å². The first-order valence-electron chi connectivity index (χ1n) is 5.85. The number of amides is 1. The molecule has 0 radical (unpaired) electrons. The molecule has 1 N–H and O–H groups in total. The van der Waals surface area contributed by atoms with Gasteiger partial charge in [0.15, 0.2) is 0 Å². The number of hydrogen-bond donors (Lipinski definition) is 1. The highest BCUT2D eigenvalue weighted by Gasteiger charge is 2.04. The van der Waals surface area contributed by atoms with E-state index in [1.54, 1.807) is 24.0 Å². The van der Waals surface area contributed by atoms with Gasteiger partial charge in [-0.05, 0) is 35.9 Å². The van der Waals surface area contributed by atoms with Gasteiger partial charge in [-0.2, -0.15) is 0 Å². The van der Waals surface area contributed by atoms with Gasteiger partial charge >= 0.3 is 0 Å². The number of carbonyl (C=O) groups is 1. The summed E-state index contributed by atoms with van der Waals surface area (Å²) in [4.78, 5) is 16.0. The minimum atomic E-state index is -0.0792. The van der Waals surface area contributed by atoms with E-state index < -0.39 is 0 Å². The van der Waals surface area contributed by atoms with Gasteiger partial charge < -0.3 is 5.32 Å². The van der Waals surface area contributed by atoms with Crippen LogP contribution in [0.1, 0.15) is 12.5 Å². The van der Waals surface area contributed by atoms with E-state index in [0.717, 1.165) is 16.1 Å². The van der Waals surface area contributed by atoms with Gasteiger partial charge in [0.05, 0.1) is 0 Å². The molecule has 1 aromatic carbocycles. The second-order valence-electron chi connectivity index (χ2n) is 4.09. The lowest BCUT2D eigenvalue weighted by Crippen LogP contribution is -2.05. The molecule has 0 bridgehead atoms. The average Bonchev–Trinajstić information content (AvgIpc) is 2.39. The monoisotopic (exact) mass is 326 g/mol. The first-order valence-corrected chi connectivity index (χ1v) is 7.59. The highest BCUT2D eigenvalue weighted by atomic mass is 35.5. The fourth-order valence-corrected chi connectivity index (χ4v) is 2.93. The van der Waals surface area contributed by atoms with Gasteiger partial charge in [0.2, 0.25) is 5.91 Å². The number of benzene rings is 1. The van der Waals surface area contributed by atoms with Crippen molar-refractivity contribution in [3.8, 4) is 0 Å². The maximum absolute atomic E-state index is 10.9. The number of rotatable bonds is 4. The molecule has 0 saturated carbocycles. The third kappa shape index (κ3) is 4.40. The number of halogens is 2. The molecule has 0 saturated heterocycles. The average molecular weight is 327 g/mol. The zero-order valence-electron chi connectivity index (χ0n) is 10.7. The molecule has 1 aromatic heterocycles.